The molecule has 1 unspecified atom stereocenters. The molecule has 1 atom stereocenters. The Labute approximate surface area is 146 Å². The van der Waals surface area contributed by atoms with E-state index in [1.54, 1.807) is 0 Å². The van der Waals surface area contributed by atoms with Crippen LogP contribution in [0, 0.1) is 11.6 Å². The normalized spacial score (nSPS) is 19.4. The zero-order valence-corrected chi connectivity index (χ0v) is 13.5. The van der Waals surface area contributed by atoms with E-state index >= 15 is 4.39 Å². The molecule has 8 heteroatoms. The molecular weight excluding hydrogens is 357 g/mol. The van der Waals surface area contributed by atoms with E-state index in [0.29, 0.717) is 6.07 Å². The van der Waals surface area contributed by atoms with E-state index < -0.39 is 29.8 Å². The molecule has 0 saturated heterocycles. The first-order valence-electron chi connectivity index (χ1n) is 7.42. The Morgan fingerprint density at radius 1 is 1.36 bits per heavy atom. The number of alkyl halides is 1. The summed E-state index contributed by atoms with van der Waals surface area (Å²) < 4.78 is 42.1. The number of ketones is 1. The summed E-state index contributed by atoms with van der Waals surface area (Å²) in [5, 5.41) is 2.05. The number of fused-ring (bicyclic) bond motifs is 1. The van der Waals surface area contributed by atoms with Gasteiger partial charge < -0.3 is 5.32 Å². The maximum absolute atomic E-state index is 15.3. The van der Waals surface area contributed by atoms with Crippen LogP contribution in [0.25, 0.3) is 0 Å². The summed E-state index contributed by atoms with van der Waals surface area (Å²) in [4.78, 5) is 28.1. The summed E-state index contributed by atoms with van der Waals surface area (Å²) in [6.07, 6.45) is 0.837. The monoisotopic (exact) mass is 368 g/mol. The Bertz CT molecular complexity index is 852. The predicted molar refractivity (Wildman–Crippen MR) is 83.8 cm³/mol. The van der Waals surface area contributed by atoms with Crippen LogP contribution in [0.1, 0.15) is 34.5 Å². The minimum atomic E-state index is -2.46. The molecule has 0 aliphatic heterocycles. The van der Waals surface area contributed by atoms with Gasteiger partial charge in [-0.25, -0.2) is 13.2 Å². The first-order chi connectivity index (χ1) is 11.8. The number of benzene rings is 1. The Hall–Kier alpha value is -2.41. The van der Waals surface area contributed by atoms with Crippen molar-refractivity contribution in [3.8, 4) is 0 Å². The molecule has 130 valence electrons. The molecule has 25 heavy (non-hydrogen) atoms. The van der Waals surface area contributed by atoms with Crippen LogP contribution in [0.4, 0.5) is 13.2 Å². The minimum Gasteiger partial charge on any atom is -0.349 e. The lowest BCUT2D eigenvalue weighted by molar-refractivity contribution is -0.134. The van der Waals surface area contributed by atoms with Crippen molar-refractivity contribution in [3.05, 3.63) is 63.9 Å². The van der Waals surface area contributed by atoms with Gasteiger partial charge in [-0.15, -0.1) is 0 Å². The van der Waals surface area contributed by atoms with Crippen LogP contribution >= 0.6 is 11.6 Å². The van der Waals surface area contributed by atoms with Crippen LogP contribution in [-0.2, 0) is 17.0 Å². The molecule has 4 nitrogen and oxygen atoms in total. The smallest absolute Gasteiger partial charge is 0.262 e. The number of aromatic nitrogens is 1. The van der Waals surface area contributed by atoms with E-state index in [9.17, 15) is 18.4 Å². The van der Waals surface area contributed by atoms with Gasteiger partial charge in [0.05, 0.1) is 5.02 Å². The Morgan fingerprint density at radius 2 is 2.12 bits per heavy atom. The Kier molecular flexibility index (Phi) is 4.51. The molecule has 1 aromatic carbocycles. The van der Waals surface area contributed by atoms with Crippen molar-refractivity contribution >= 4 is 23.3 Å². The average molecular weight is 369 g/mol. The van der Waals surface area contributed by atoms with Gasteiger partial charge in [0.25, 0.3) is 5.91 Å². The molecule has 0 saturated carbocycles. The van der Waals surface area contributed by atoms with E-state index in [2.05, 4.69) is 10.3 Å². The number of halogens is 4. The number of carbonyl (C=O) groups is 2. The number of hydrogen-bond acceptors (Lipinski definition) is 3. The highest BCUT2D eigenvalue weighted by Gasteiger charge is 2.46. The van der Waals surface area contributed by atoms with Gasteiger partial charge in [-0.1, -0.05) is 17.7 Å². The lowest BCUT2D eigenvalue weighted by atomic mass is 9.81. The lowest BCUT2D eigenvalue weighted by Crippen LogP contribution is -2.44. The van der Waals surface area contributed by atoms with E-state index in [1.165, 1.54) is 18.3 Å². The fourth-order valence-corrected chi connectivity index (χ4v) is 3.03. The zero-order valence-electron chi connectivity index (χ0n) is 12.8. The van der Waals surface area contributed by atoms with Crippen LogP contribution in [-0.4, -0.2) is 16.7 Å². The third kappa shape index (κ3) is 3.11. The number of nitrogens with one attached hydrogen (secondary N) is 1. The molecular formula is C17H12ClF3N2O2. The summed E-state index contributed by atoms with van der Waals surface area (Å²) in [6, 6.07) is 4.27. The van der Waals surface area contributed by atoms with Gasteiger partial charge >= 0.3 is 0 Å². The van der Waals surface area contributed by atoms with Gasteiger partial charge in [0, 0.05) is 42.8 Å². The second-order valence-electron chi connectivity index (χ2n) is 5.65. The van der Waals surface area contributed by atoms with Crippen molar-refractivity contribution < 1.29 is 22.8 Å². The van der Waals surface area contributed by atoms with Gasteiger partial charge in [-0.2, -0.15) is 0 Å². The second kappa shape index (κ2) is 6.48. The molecule has 1 N–H and O–H groups in total. The van der Waals surface area contributed by atoms with Gasteiger partial charge in [-0.3, -0.25) is 14.6 Å². The summed E-state index contributed by atoms with van der Waals surface area (Å²) >= 11 is 5.76. The SMILES string of the molecule is O=C1CCC(F)(C(=O)NCc2c(F)cc(F)cc2Cl)c2cccnc21. The fourth-order valence-electron chi connectivity index (χ4n) is 2.77. The van der Waals surface area contributed by atoms with Gasteiger partial charge in [0.2, 0.25) is 5.67 Å². The lowest BCUT2D eigenvalue weighted by Gasteiger charge is -2.29. The van der Waals surface area contributed by atoms with Crippen LogP contribution in [0.5, 0.6) is 0 Å². The van der Waals surface area contributed by atoms with E-state index in [1.807, 2.05) is 0 Å². The number of nitrogens with zero attached hydrogens (tertiary/aromatic N) is 1. The number of carbonyl (C=O) groups excluding carboxylic acids is 2. The van der Waals surface area contributed by atoms with E-state index in [-0.39, 0.29) is 40.5 Å². The molecule has 0 bridgehead atoms. The maximum atomic E-state index is 15.3. The highest BCUT2D eigenvalue weighted by atomic mass is 35.5. The fraction of sp³-hybridized carbons (Fsp3) is 0.235. The second-order valence-corrected chi connectivity index (χ2v) is 6.06. The number of rotatable bonds is 3. The van der Waals surface area contributed by atoms with Crippen LogP contribution in [0.2, 0.25) is 5.02 Å². The minimum absolute atomic E-state index is 0.0857. The van der Waals surface area contributed by atoms with Crippen LogP contribution in [0.15, 0.2) is 30.5 Å². The number of Topliss-reactive ketones (excluding diaryl/α,β-unsaturated/α-hetero) is 1. The molecule has 0 fully saturated rings. The maximum Gasteiger partial charge on any atom is 0.262 e. The first-order valence-corrected chi connectivity index (χ1v) is 7.80. The molecule has 1 heterocycles. The Balaban J connectivity index is 1.85. The number of hydrogen-bond donors (Lipinski definition) is 1. The molecule has 1 aromatic heterocycles. The standard InChI is InChI=1S/C17H12ClF3N2O2/c18-12-6-9(19)7-13(20)10(12)8-23-16(25)17(21)4-3-14(24)15-11(17)2-1-5-22-15/h1-2,5-7H,3-4,8H2,(H,23,25). The van der Waals surface area contributed by atoms with E-state index in [4.69, 9.17) is 11.6 Å². The summed E-state index contributed by atoms with van der Waals surface area (Å²) in [7, 11) is 0. The number of pyridine rings is 1. The molecule has 0 spiro atoms. The quantitative estimate of drug-likeness (QED) is 0.902. The largest absolute Gasteiger partial charge is 0.349 e. The molecule has 1 amide bonds. The first kappa shape index (κ1) is 17.4. The average Bonchev–Trinajstić information content (AvgIpc) is 2.57. The van der Waals surface area contributed by atoms with Gasteiger partial charge in [0.15, 0.2) is 5.78 Å². The molecule has 0 radical (unpaired) electrons. The highest BCUT2D eigenvalue weighted by molar-refractivity contribution is 6.31. The zero-order chi connectivity index (χ0) is 18.2. The van der Waals surface area contributed by atoms with Crippen molar-refractivity contribution in [1.82, 2.24) is 10.3 Å². The van der Waals surface area contributed by atoms with E-state index in [0.717, 1.165) is 6.07 Å². The molecule has 3 rings (SSSR count). The highest BCUT2D eigenvalue weighted by Crippen LogP contribution is 2.38. The van der Waals surface area contributed by atoms with Crippen molar-refractivity contribution in [2.45, 2.75) is 25.1 Å². The predicted octanol–water partition coefficient (Wildman–Crippen LogP) is 3.47. The topological polar surface area (TPSA) is 59.1 Å². The van der Waals surface area contributed by atoms with Crippen molar-refractivity contribution in [2.24, 2.45) is 0 Å². The van der Waals surface area contributed by atoms with Crippen LogP contribution in [0.3, 0.4) is 0 Å². The number of amides is 1. The van der Waals surface area contributed by atoms with Gasteiger partial charge in [-0.05, 0) is 12.1 Å². The Morgan fingerprint density at radius 3 is 2.84 bits per heavy atom. The molecule has 1 aliphatic carbocycles. The van der Waals surface area contributed by atoms with Gasteiger partial charge in [0.1, 0.15) is 17.3 Å². The summed E-state index contributed by atoms with van der Waals surface area (Å²) in [6.45, 7) is -0.418. The van der Waals surface area contributed by atoms with Crippen molar-refractivity contribution in [2.75, 3.05) is 0 Å². The molecule has 2 aromatic rings. The van der Waals surface area contributed by atoms with Crippen molar-refractivity contribution in [3.63, 3.8) is 0 Å². The summed E-state index contributed by atoms with van der Waals surface area (Å²) in [5.41, 5.74) is -2.81. The summed E-state index contributed by atoms with van der Waals surface area (Å²) in [5.74, 6) is -3.18. The van der Waals surface area contributed by atoms with Crippen molar-refractivity contribution in [1.29, 1.82) is 0 Å². The third-order valence-corrected chi connectivity index (χ3v) is 4.42. The third-order valence-electron chi connectivity index (χ3n) is 4.09. The van der Waals surface area contributed by atoms with Crippen LogP contribution < -0.4 is 5.32 Å². The molecule has 1 aliphatic rings.